The molecule has 0 amide bonds. The van der Waals surface area contributed by atoms with Crippen molar-refractivity contribution in [2.45, 2.75) is 33.4 Å². The Bertz CT molecular complexity index is 734. The number of amidine groups is 1. The first-order valence-corrected chi connectivity index (χ1v) is 7.18. The van der Waals surface area contributed by atoms with Crippen molar-refractivity contribution < 1.29 is 14.9 Å². The van der Waals surface area contributed by atoms with Crippen molar-refractivity contribution in [3.8, 4) is 17.5 Å². The third-order valence-electron chi connectivity index (χ3n) is 3.51. The van der Waals surface area contributed by atoms with Gasteiger partial charge in [-0.1, -0.05) is 6.07 Å². The number of nitrogens with one attached hydrogen (secondary N) is 1. The maximum Gasteiger partial charge on any atom is 0.215 e. The average Bonchev–Trinajstić information content (AvgIpc) is 2.76. The van der Waals surface area contributed by atoms with Gasteiger partial charge in [0.15, 0.2) is 5.88 Å². The van der Waals surface area contributed by atoms with Crippen LogP contribution in [0.1, 0.15) is 26.3 Å². The van der Waals surface area contributed by atoms with Gasteiger partial charge in [-0.15, -0.1) is 0 Å². The molecule has 0 saturated carbocycles. The molecule has 2 heterocycles. The second kappa shape index (κ2) is 5.29. The number of aromatic nitrogens is 1. The summed E-state index contributed by atoms with van der Waals surface area (Å²) in [5.41, 5.74) is 2.32. The zero-order valence-corrected chi connectivity index (χ0v) is 12.8. The topological polar surface area (TPSA) is 81.1 Å². The Labute approximate surface area is 128 Å². The minimum absolute atomic E-state index is 0.0664. The molecule has 1 aromatic heterocycles. The van der Waals surface area contributed by atoms with Gasteiger partial charge in [0.25, 0.3) is 0 Å². The van der Waals surface area contributed by atoms with Gasteiger partial charge < -0.3 is 19.8 Å². The van der Waals surface area contributed by atoms with Crippen molar-refractivity contribution in [2.75, 3.05) is 4.90 Å². The number of hydrogen-bond donors (Lipinski definition) is 3. The normalized spacial score (nSPS) is 14.0. The Morgan fingerprint density at radius 1 is 1.32 bits per heavy atom. The van der Waals surface area contributed by atoms with Crippen molar-refractivity contribution in [3.63, 3.8) is 0 Å². The molecule has 1 aromatic carbocycles. The van der Waals surface area contributed by atoms with E-state index < -0.39 is 0 Å². The highest BCUT2D eigenvalue weighted by atomic mass is 16.5. The van der Waals surface area contributed by atoms with E-state index in [9.17, 15) is 10.2 Å². The number of hydrogen-bond acceptors (Lipinski definition) is 5. The number of H-pyrrole nitrogens is 1. The smallest absolute Gasteiger partial charge is 0.215 e. The molecular weight excluding hydrogens is 282 g/mol. The summed E-state index contributed by atoms with van der Waals surface area (Å²) >= 11 is 0. The number of ether oxygens (including phenoxy) is 1. The predicted molar refractivity (Wildman–Crippen MR) is 85.3 cm³/mol. The van der Waals surface area contributed by atoms with Crippen molar-refractivity contribution in [1.29, 1.82) is 0 Å². The standard InChI is InChI=1S/C16H19N3O3/c1-9(2)22-14-6-4-5-12-11(14)8-19(10(3)17-12)13-7-15(20)18-16(13)21/h4-7,9,18,20-21H,8H2,1-3H3. The number of nitrogens with zero attached hydrogens (tertiary/aromatic N) is 2. The van der Waals surface area contributed by atoms with Crippen LogP contribution in [-0.2, 0) is 6.54 Å². The van der Waals surface area contributed by atoms with Gasteiger partial charge in [0.1, 0.15) is 17.3 Å². The zero-order valence-electron chi connectivity index (χ0n) is 12.8. The second-order valence-electron chi connectivity index (χ2n) is 5.55. The van der Waals surface area contributed by atoms with Gasteiger partial charge in [0.2, 0.25) is 5.88 Å². The predicted octanol–water partition coefficient (Wildman–Crippen LogP) is 3.28. The van der Waals surface area contributed by atoms with Gasteiger partial charge in [-0.25, -0.2) is 4.99 Å². The highest BCUT2D eigenvalue weighted by Gasteiger charge is 2.25. The van der Waals surface area contributed by atoms with E-state index in [2.05, 4.69) is 9.98 Å². The average molecular weight is 301 g/mol. The Morgan fingerprint density at radius 3 is 2.73 bits per heavy atom. The molecule has 6 nitrogen and oxygen atoms in total. The lowest BCUT2D eigenvalue weighted by Crippen LogP contribution is -2.30. The molecule has 22 heavy (non-hydrogen) atoms. The molecule has 0 radical (unpaired) electrons. The van der Waals surface area contributed by atoms with Gasteiger partial charge in [-0.3, -0.25) is 4.98 Å². The minimum Gasteiger partial charge on any atom is -0.494 e. The maximum atomic E-state index is 9.92. The number of rotatable bonds is 3. The van der Waals surface area contributed by atoms with Gasteiger partial charge in [-0.2, -0.15) is 0 Å². The Morgan fingerprint density at radius 2 is 2.09 bits per heavy atom. The lowest BCUT2D eigenvalue weighted by molar-refractivity contribution is 0.240. The lowest BCUT2D eigenvalue weighted by Gasteiger charge is -2.29. The number of aromatic amines is 1. The van der Waals surface area contributed by atoms with Crippen LogP contribution in [0.5, 0.6) is 17.5 Å². The summed E-state index contributed by atoms with van der Waals surface area (Å²) in [6.45, 7) is 6.33. The minimum atomic E-state index is -0.0854. The molecule has 2 aromatic rings. The van der Waals surface area contributed by atoms with Gasteiger partial charge >= 0.3 is 0 Å². The molecule has 1 aliphatic rings. The summed E-state index contributed by atoms with van der Waals surface area (Å²) in [6, 6.07) is 7.26. The highest BCUT2D eigenvalue weighted by Crippen LogP contribution is 2.39. The zero-order chi connectivity index (χ0) is 15.9. The molecule has 116 valence electrons. The van der Waals surface area contributed by atoms with Crippen LogP contribution in [-0.4, -0.2) is 27.1 Å². The Balaban J connectivity index is 2.03. The fourth-order valence-electron chi connectivity index (χ4n) is 2.57. The maximum absolute atomic E-state index is 9.92. The molecule has 3 N–H and O–H groups in total. The van der Waals surface area contributed by atoms with Crippen LogP contribution in [0.15, 0.2) is 29.3 Å². The molecule has 0 bridgehead atoms. The summed E-state index contributed by atoms with van der Waals surface area (Å²) in [5.74, 6) is 1.35. The number of aliphatic imine (C=N–C) groups is 1. The summed E-state index contributed by atoms with van der Waals surface area (Å²) in [7, 11) is 0. The first-order chi connectivity index (χ1) is 10.5. The third-order valence-corrected chi connectivity index (χ3v) is 3.51. The van der Waals surface area contributed by atoms with Crippen molar-refractivity contribution in [3.05, 3.63) is 29.8 Å². The molecule has 6 heteroatoms. The van der Waals surface area contributed by atoms with Gasteiger partial charge in [-0.05, 0) is 32.9 Å². The van der Waals surface area contributed by atoms with E-state index in [1.54, 1.807) is 0 Å². The molecule has 0 saturated heterocycles. The van der Waals surface area contributed by atoms with Crippen LogP contribution in [0.2, 0.25) is 0 Å². The molecule has 0 spiro atoms. The van der Waals surface area contributed by atoms with Crippen LogP contribution < -0.4 is 9.64 Å². The first-order valence-electron chi connectivity index (χ1n) is 7.18. The summed E-state index contributed by atoms with van der Waals surface area (Å²) in [6.07, 6.45) is 0.0664. The highest BCUT2D eigenvalue weighted by molar-refractivity contribution is 6.00. The van der Waals surface area contributed by atoms with Crippen molar-refractivity contribution in [2.24, 2.45) is 4.99 Å². The number of anilines is 1. The molecule has 0 atom stereocenters. The molecule has 1 aliphatic heterocycles. The Hall–Kier alpha value is -2.63. The molecule has 0 unspecified atom stereocenters. The fraction of sp³-hybridized carbons (Fsp3) is 0.312. The first kappa shape index (κ1) is 14.3. The van der Waals surface area contributed by atoms with E-state index in [1.807, 2.05) is 43.9 Å². The number of aromatic hydroxyl groups is 2. The summed E-state index contributed by atoms with van der Waals surface area (Å²) in [4.78, 5) is 8.89. The molecule has 3 rings (SSSR count). The van der Waals surface area contributed by atoms with Crippen LogP contribution >= 0.6 is 0 Å². The third kappa shape index (κ3) is 2.47. The van der Waals surface area contributed by atoms with Crippen LogP contribution in [0, 0.1) is 0 Å². The van der Waals surface area contributed by atoms with E-state index in [1.165, 1.54) is 6.07 Å². The monoisotopic (exact) mass is 301 g/mol. The lowest BCUT2D eigenvalue weighted by atomic mass is 10.1. The largest absolute Gasteiger partial charge is 0.494 e. The van der Waals surface area contributed by atoms with Crippen molar-refractivity contribution in [1.82, 2.24) is 4.98 Å². The van der Waals surface area contributed by atoms with E-state index in [-0.39, 0.29) is 17.9 Å². The molecule has 0 aliphatic carbocycles. The number of benzene rings is 1. The van der Waals surface area contributed by atoms with Gasteiger partial charge in [0, 0.05) is 11.6 Å². The SMILES string of the molecule is CC1=Nc2cccc(OC(C)C)c2CN1c1cc(O)[nH]c1O. The summed E-state index contributed by atoms with van der Waals surface area (Å²) < 4.78 is 5.85. The van der Waals surface area contributed by atoms with Gasteiger partial charge in [0.05, 0.1) is 18.3 Å². The second-order valence-corrected chi connectivity index (χ2v) is 5.55. The quantitative estimate of drug-likeness (QED) is 0.812. The van der Waals surface area contributed by atoms with E-state index in [4.69, 9.17) is 4.74 Å². The van der Waals surface area contributed by atoms with E-state index in [0.717, 1.165) is 22.8 Å². The van der Waals surface area contributed by atoms with Crippen molar-refractivity contribution >= 4 is 17.2 Å². The summed E-state index contributed by atoms with van der Waals surface area (Å²) in [5, 5.41) is 19.4. The van der Waals surface area contributed by atoms with Crippen LogP contribution in [0.3, 0.4) is 0 Å². The van der Waals surface area contributed by atoms with Crippen LogP contribution in [0.4, 0.5) is 11.4 Å². The Kier molecular flexibility index (Phi) is 3.44. The van der Waals surface area contributed by atoms with E-state index in [0.29, 0.717) is 12.2 Å². The number of fused-ring (bicyclic) bond motifs is 1. The fourth-order valence-corrected chi connectivity index (χ4v) is 2.57. The van der Waals surface area contributed by atoms with Crippen LogP contribution in [0.25, 0.3) is 0 Å². The molecular formula is C16H19N3O3. The molecule has 0 fully saturated rings. The van der Waals surface area contributed by atoms with E-state index >= 15 is 0 Å².